The molecule has 2 heterocycles. The zero-order chi connectivity index (χ0) is 14.0. The predicted molar refractivity (Wildman–Crippen MR) is 74.7 cm³/mol. The summed E-state index contributed by atoms with van der Waals surface area (Å²) in [6.07, 6.45) is 5.89. The number of ether oxygens (including phenoxy) is 2. The lowest BCUT2D eigenvalue weighted by atomic mass is 10.2. The van der Waals surface area contributed by atoms with Crippen molar-refractivity contribution >= 4 is 0 Å². The highest BCUT2D eigenvalue weighted by Crippen LogP contribution is 2.11. The summed E-state index contributed by atoms with van der Waals surface area (Å²) in [5, 5.41) is 8.76. The zero-order valence-corrected chi connectivity index (χ0v) is 11.7. The fourth-order valence-corrected chi connectivity index (χ4v) is 2.22. The first-order valence-corrected chi connectivity index (χ1v) is 7.10. The van der Waals surface area contributed by atoms with Crippen molar-refractivity contribution in [3.05, 3.63) is 30.1 Å². The highest BCUT2D eigenvalue weighted by atomic mass is 16.7. The summed E-state index contributed by atoms with van der Waals surface area (Å²) < 4.78 is 11.1. The molecule has 0 spiro atoms. The van der Waals surface area contributed by atoms with Gasteiger partial charge in [0.2, 0.25) is 0 Å². The van der Waals surface area contributed by atoms with E-state index in [1.54, 1.807) is 6.20 Å². The number of nitrogens with zero attached hydrogens (tertiary/aromatic N) is 3. The molecular formula is C15H21N3O2. The molecule has 0 N–H and O–H groups in total. The molecule has 0 aliphatic carbocycles. The lowest BCUT2D eigenvalue weighted by Gasteiger charge is -2.27. The summed E-state index contributed by atoms with van der Waals surface area (Å²) in [6.45, 7) is 4.00. The molecule has 2 rings (SSSR count). The average Bonchev–Trinajstić information content (AvgIpc) is 2.52. The van der Waals surface area contributed by atoms with Crippen LogP contribution < -0.4 is 0 Å². The van der Waals surface area contributed by atoms with Crippen molar-refractivity contribution < 1.29 is 9.47 Å². The molecule has 1 aliphatic heterocycles. The van der Waals surface area contributed by atoms with Crippen LogP contribution in [-0.4, -0.2) is 42.5 Å². The Balaban J connectivity index is 1.81. The topological polar surface area (TPSA) is 58.4 Å². The van der Waals surface area contributed by atoms with E-state index >= 15 is 0 Å². The second kappa shape index (κ2) is 8.64. The molecule has 5 nitrogen and oxygen atoms in total. The lowest BCUT2D eigenvalue weighted by Crippen LogP contribution is -2.32. The molecule has 5 heteroatoms. The van der Waals surface area contributed by atoms with Crippen LogP contribution in [0.25, 0.3) is 0 Å². The van der Waals surface area contributed by atoms with Gasteiger partial charge < -0.3 is 9.47 Å². The van der Waals surface area contributed by atoms with Crippen molar-refractivity contribution in [3.63, 3.8) is 0 Å². The van der Waals surface area contributed by atoms with Crippen LogP contribution in [0.15, 0.2) is 24.5 Å². The van der Waals surface area contributed by atoms with Crippen molar-refractivity contribution in [3.8, 4) is 6.07 Å². The van der Waals surface area contributed by atoms with Crippen LogP contribution in [0, 0.1) is 11.3 Å². The van der Waals surface area contributed by atoms with Crippen molar-refractivity contribution in [2.24, 2.45) is 0 Å². The Bertz CT molecular complexity index is 413. The molecule has 1 saturated heterocycles. The van der Waals surface area contributed by atoms with Crippen molar-refractivity contribution in [1.29, 1.82) is 5.26 Å². The number of aromatic nitrogens is 1. The minimum Gasteiger partial charge on any atom is -0.353 e. The Kier molecular flexibility index (Phi) is 6.45. The Hall–Kier alpha value is -1.48. The number of hydrogen-bond donors (Lipinski definition) is 0. The van der Waals surface area contributed by atoms with Gasteiger partial charge in [0.25, 0.3) is 0 Å². The monoisotopic (exact) mass is 275 g/mol. The molecular weight excluding hydrogens is 254 g/mol. The van der Waals surface area contributed by atoms with E-state index in [0.717, 1.165) is 51.3 Å². The predicted octanol–water partition coefficient (Wildman–Crippen LogP) is 1.95. The van der Waals surface area contributed by atoms with Gasteiger partial charge in [0.15, 0.2) is 6.29 Å². The molecule has 0 saturated carbocycles. The molecule has 1 aromatic rings. The Morgan fingerprint density at radius 3 is 2.90 bits per heavy atom. The van der Waals surface area contributed by atoms with Crippen molar-refractivity contribution in [1.82, 2.24) is 9.88 Å². The molecule has 1 aliphatic rings. The van der Waals surface area contributed by atoms with Gasteiger partial charge in [-0.1, -0.05) is 6.07 Å². The quantitative estimate of drug-likeness (QED) is 0.761. The second-order valence-electron chi connectivity index (χ2n) is 4.86. The fourth-order valence-electron chi connectivity index (χ4n) is 2.22. The summed E-state index contributed by atoms with van der Waals surface area (Å²) >= 11 is 0. The molecule has 0 unspecified atom stereocenters. The molecule has 0 aromatic carbocycles. The Morgan fingerprint density at radius 2 is 2.20 bits per heavy atom. The summed E-state index contributed by atoms with van der Waals surface area (Å²) in [4.78, 5) is 6.38. The van der Waals surface area contributed by atoms with Gasteiger partial charge in [-0.05, 0) is 18.1 Å². The minimum atomic E-state index is -0.0952. The van der Waals surface area contributed by atoms with E-state index in [-0.39, 0.29) is 6.29 Å². The summed E-state index contributed by atoms with van der Waals surface area (Å²) in [6, 6.07) is 6.19. The third-order valence-electron chi connectivity index (χ3n) is 3.25. The van der Waals surface area contributed by atoms with Gasteiger partial charge in [0, 0.05) is 44.9 Å². The van der Waals surface area contributed by atoms with Crippen LogP contribution in [0.2, 0.25) is 0 Å². The molecule has 0 atom stereocenters. The smallest absolute Gasteiger partial charge is 0.158 e. The van der Waals surface area contributed by atoms with Crippen LogP contribution in [-0.2, 0) is 16.0 Å². The number of hydrogen-bond acceptors (Lipinski definition) is 5. The van der Waals surface area contributed by atoms with E-state index in [1.807, 2.05) is 12.3 Å². The van der Waals surface area contributed by atoms with Gasteiger partial charge in [0.1, 0.15) is 0 Å². The lowest BCUT2D eigenvalue weighted by molar-refractivity contribution is -0.182. The van der Waals surface area contributed by atoms with Crippen LogP contribution >= 0.6 is 0 Å². The van der Waals surface area contributed by atoms with Crippen LogP contribution in [0.1, 0.15) is 24.8 Å². The second-order valence-corrected chi connectivity index (χ2v) is 4.86. The van der Waals surface area contributed by atoms with Gasteiger partial charge in [-0.2, -0.15) is 5.26 Å². The fraction of sp³-hybridized carbons (Fsp3) is 0.600. The number of rotatable bonds is 7. The van der Waals surface area contributed by atoms with Crippen molar-refractivity contribution in [2.75, 3.05) is 26.3 Å². The average molecular weight is 275 g/mol. The maximum Gasteiger partial charge on any atom is 0.158 e. The van der Waals surface area contributed by atoms with Gasteiger partial charge in [-0.25, -0.2) is 0 Å². The van der Waals surface area contributed by atoms with E-state index < -0.39 is 0 Å². The molecule has 20 heavy (non-hydrogen) atoms. The SMILES string of the molecule is N#CCCN(CCC1OCCCO1)Cc1cccnc1. The Morgan fingerprint density at radius 1 is 1.35 bits per heavy atom. The van der Waals surface area contributed by atoms with Crippen LogP contribution in [0.4, 0.5) is 0 Å². The standard InChI is InChI=1S/C15H21N3O2/c16-6-2-8-18(13-14-4-1-7-17-12-14)9-5-15-19-10-3-11-20-15/h1,4,7,12,15H,2-3,5,8-11,13H2. The molecule has 0 bridgehead atoms. The summed E-state index contributed by atoms with van der Waals surface area (Å²) in [5.41, 5.74) is 1.16. The van der Waals surface area contributed by atoms with E-state index in [0.29, 0.717) is 6.42 Å². The molecule has 0 radical (unpaired) electrons. The highest BCUT2D eigenvalue weighted by Gasteiger charge is 2.16. The van der Waals surface area contributed by atoms with E-state index in [4.69, 9.17) is 14.7 Å². The zero-order valence-electron chi connectivity index (χ0n) is 11.7. The maximum atomic E-state index is 8.76. The maximum absolute atomic E-state index is 8.76. The number of nitriles is 1. The van der Waals surface area contributed by atoms with Gasteiger partial charge >= 0.3 is 0 Å². The normalized spacial score (nSPS) is 16.2. The van der Waals surface area contributed by atoms with Crippen LogP contribution in [0.5, 0.6) is 0 Å². The van der Waals surface area contributed by atoms with Gasteiger partial charge in [-0.15, -0.1) is 0 Å². The highest BCUT2D eigenvalue weighted by molar-refractivity contribution is 5.08. The van der Waals surface area contributed by atoms with E-state index in [2.05, 4.69) is 22.0 Å². The molecule has 1 aromatic heterocycles. The minimum absolute atomic E-state index is 0.0952. The van der Waals surface area contributed by atoms with Crippen molar-refractivity contribution in [2.45, 2.75) is 32.1 Å². The Labute approximate surface area is 120 Å². The first-order chi connectivity index (χ1) is 9.88. The van der Waals surface area contributed by atoms with E-state index in [1.165, 1.54) is 0 Å². The summed E-state index contributed by atoms with van der Waals surface area (Å²) in [7, 11) is 0. The third kappa shape index (κ3) is 5.25. The first-order valence-electron chi connectivity index (χ1n) is 7.10. The van der Waals surface area contributed by atoms with E-state index in [9.17, 15) is 0 Å². The first kappa shape index (κ1) is 14.9. The third-order valence-corrected chi connectivity index (χ3v) is 3.25. The van der Waals surface area contributed by atoms with Gasteiger partial charge in [0.05, 0.1) is 19.3 Å². The van der Waals surface area contributed by atoms with Crippen LogP contribution in [0.3, 0.4) is 0 Å². The summed E-state index contributed by atoms with van der Waals surface area (Å²) in [5.74, 6) is 0. The number of pyridine rings is 1. The van der Waals surface area contributed by atoms with Gasteiger partial charge in [-0.3, -0.25) is 9.88 Å². The molecule has 0 amide bonds. The molecule has 108 valence electrons. The largest absolute Gasteiger partial charge is 0.353 e. The molecule has 1 fully saturated rings.